The van der Waals surface area contributed by atoms with Crippen molar-refractivity contribution >= 4 is 29.3 Å². The normalized spacial score (nSPS) is 17.4. The van der Waals surface area contributed by atoms with Gasteiger partial charge in [0.15, 0.2) is 0 Å². The van der Waals surface area contributed by atoms with Crippen LogP contribution < -0.4 is 10.2 Å². The van der Waals surface area contributed by atoms with Crippen molar-refractivity contribution in [3.8, 4) is 0 Å². The number of anilines is 1. The molecule has 2 aliphatic heterocycles. The van der Waals surface area contributed by atoms with E-state index in [-0.39, 0.29) is 30.7 Å². The summed E-state index contributed by atoms with van der Waals surface area (Å²) in [7, 11) is 0. The molecule has 30 heavy (non-hydrogen) atoms. The van der Waals surface area contributed by atoms with Gasteiger partial charge in [0.2, 0.25) is 11.8 Å². The molecule has 4 rings (SSSR count). The Balaban J connectivity index is 1.19. The molecule has 1 saturated heterocycles. The van der Waals surface area contributed by atoms with Crippen LogP contribution in [0.25, 0.3) is 0 Å². The van der Waals surface area contributed by atoms with E-state index in [2.05, 4.69) is 21.3 Å². The molecular weight excluding hydrogens is 396 g/mol. The highest BCUT2D eigenvalue weighted by Crippen LogP contribution is 2.34. The number of amides is 2. The number of piperidine rings is 1. The number of likely N-dealkylation sites (tertiary alicyclic amines) is 1. The number of rotatable bonds is 6. The summed E-state index contributed by atoms with van der Waals surface area (Å²) in [6, 6.07) is 12.2. The lowest BCUT2D eigenvalue weighted by Gasteiger charge is -2.32. The van der Waals surface area contributed by atoms with Gasteiger partial charge in [0.1, 0.15) is 0 Å². The molecule has 0 aliphatic carbocycles. The second-order valence-electron chi connectivity index (χ2n) is 7.84. The summed E-state index contributed by atoms with van der Waals surface area (Å²) in [5.41, 5.74) is 2.19. The Kier molecular flexibility index (Phi) is 7.02. The average molecular weight is 425 g/mol. The van der Waals surface area contributed by atoms with E-state index in [0.29, 0.717) is 6.54 Å². The molecule has 2 amide bonds. The fraction of sp³-hybridized carbons (Fsp3) is 0.435. The summed E-state index contributed by atoms with van der Waals surface area (Å²) in [6.45, 7) is 3.53. The molecular formula is C23H28N4O2S. The van der Waals surface area contributed by atoms with E-state index in [1.54, 1.807) is 18.0 Å². The van der Waals surface area contributed by atoms with Gasteiger partial charge in [0.25, 0.3) is 0 Å². The maximum atomic E-state index is 12.7. The molecule has 0 radical (unpaired) electrons. The summed E-state index contributed by atoms with van der Waals surface area (Å²) >= 11 is 1.78. The number of carbonyl (C=O) groups is 2. The zero-order chi connectivity index (χ0) is 20.8. The van der Waals surface area contributed by atoms with Gasteiger partial charge in [0.05, 0.1) is 5.69 Å². The minimum absolute atomic E-state index is 0.0197. The lowest BCUT2D eigenvalue weighted by atomic mass is 10.0. The van der Waals surface area contributed by atoms with E-state index in [9.17, 15) is 9.59 Å². The van der Waals surface area contributed by atoms with Crippen molar-refractivity contribution in [1.82, 2.24) is 15.2 Å². The number of hydrogen-bond acceptors (Lipinski definition) is 5. The van der Waals surface area contributed by atoms with Gasteiger partial charge in [-0.3, -0.25) is 19.5 Å². The Morgan fingerprint density at radius 2 is 1.90 bits per heavy atom. The van der Waals surface area contributed by atoms with Gasteiger partial charge in [-0.15, -0.1) is 11.8 Å². The molecule has 158 valence electrons. The first kappa shape index (κ1) is 20.9. The van der Waals surface area contributed by atoms with Crippen molar-refractivity contribution in [2.24, 2.45) is 0 Å². The number of aromatic nitrogens is 1. The second kappa shape index (κ2) is 10.1. The number of benzene rings is 1. The van der Waals surface area contributed by atoms with Crippen molar-refractivity contribution in [2.75, 3.05) is 30.3 Å². The Labute approximate surface area is 182 Å². The molecule has 1 aromatic carbocycles. The zero-order valence-electron chi connectivity index (χ0n) is 17.1. The van der Waals surface area contributed by atoms with Crippen LogP contribution in [0.4, 0.5) is 5.69 Å². The summed E-state index contributed by atoms with van der Waals surface area (Å²) in [5, 5.41) is 3.13. The molecule has 0 unspecified atom stereocenters. The topological polar surface area (TPSA) is 65.5 Å². The van der Waals surface area contributed by atoms with Gasteiger partial charge in [-0.2, -0.15) is 0 Å². The SMILES string of the molecule is O=C(CCC(=O)N1CCSc2ccccc21)NC1CCN(Cc2cccnc2)CC1. The lowest BCUT2D eigenvalue weighted by molar-refractivity contribution is -0.125. The van der Waals surface area contributed by atoms with Crippen molar-refractivity contribution in [2.45, 2.75) is 43.2 Å². The molecule has 0 bridgehead atoms. The maximum absolute atomic E-state index is 12.7. The smallest absolute Gasteiger partial charge is 0.227 e. The molecule has 6 nitrogen and oxygen atoms in total. The van der Waals surface area contributed by atoms with E-state index in [1.807, 2.05) is 41.4 Å². The van der Waals surface area contributed by atoms with Gasteiger partial charge in [0, 0.05) is 68.1 Å². The van der Waals surface area contributed by atoms with Crippen molar-refractivity contribution in [1.29, 1.82) is 0 Å². The molecule has 1 aromatic heterocycles. The van der Waals surface area contributed by atoms with Crippen LogP contribution in [0.1, 0.15) is 31.2 Å². The molecule has 3 heterocycles. The first-order valence-electron chi connectivity index (χ1n) is 10.6. The van der Waals surface area contributed by atoms with Crippen molar-refractivity contribution < 1.29 is 9.59 Å². The number of nitrogens with zero attached hydrogens (tertiary/aromatic N) is 3. The fourth-order valence-electron chi connectivity index (χ4n) is 4.07. The highest BCUT2D eigenvalue weighted by Gasteiger charge is 2.24. The van der Waals surface area contributed by atoms with Gasteiger partial charge >= 0.3 is 0 Å². The van der Waals surface area contributed by atoms with Crippen LogP contribution in [-0.4, -0.2) is 53.1 Å². The number of pyridine rings is 1. The minimum atomic E-state index is -0.0197. The average Bonchev–Trinajstić information content (AvgIpc) is 2.79. The van der Waals surface area contributed by atoms with Gasteiger partial charge < -0.3 is 10.2 Å². The second-order valence-corrected chi connectivity index (χ2v) is 8.98. The molecule has 0 saturated carbocycles. The monoisotopic (exact) mass is 424 g/mol. The molecule has 1 fully saturated rings. The Morgan fingerprint density at radius 3 is 2.70 bits per heavy atom. The van der Waals surface area contributed by atoms with Gasteiger partial charge in [-0.1, -0.05) is 18.2 Å². The molecule has 1 N–H and O–H groups in total. The number of nitrogens with one attached hydrogen (secondary N) is 1. The molecule has 0 spiro atoms. The summed E-state index contributed by atoms with van der Waals surface area (Å²) in [6.07, 6.45) is 6.09. The molecule has 2 aliphatic rings. The van der Waals surface area contributed by atoms with Crippen LogP contribution in [0.2, 0.25) is 0 Å². The fourth-order valence-corrected chi connectivity index (χ4v) is 5.06. The first-order chi connectivity index (χ1) is 14.7. The first-order valence-corrected chi connectivity index (χ1v) is 11.6. The van der Waals surface area contributed by atoms with E-state index >= 15 is 0 Å². The quantitative estimate of drug-likeness (QED) is 0.772. The van der Waals surface area contributed by atoms with E-state index < -0.39 is 0 Å². The highest BCUT2D eigenvalue weighted by molar-refractivity contribution is 7.99. The van der Waals surface area contributed by atoms with Gasteiger partial charge in [-0.25, -0.2) is 0 Å². The Morgan fingerprint density at radius 1 is 1.07 bits per heavy atom. The maximum Gasteiger partial charge on any atom is 0.227 e. The van der Waals surface area contributed by atoms with Crippen LogP contribution in [0, 0.1) is 0 Å². The predicted octanol–water partition coefficient (Wildman–Crippen LogP) is 3.08. The number of fused-ring (bicyclic) bond motifs is 1. The lowest BCUT2D eigenvalue weighted by Crippen LogP contribution is -2.44. The standard InChI is InChI=1S/C23H28N4O2S/c28-22(7-8-23(29)27-14-15-30-21-6-2-1-5-20(21)27)25-19-9-12-26(13-10-19)17-18-4-3-11-24-16-18/h1-6,11,16,19H,7-10,12-15,17H2,(H,25,28). The summed E-state index contributed by atoms with van der Waals surface area (Å²) < 4.78 is 0. The Hall–Kier alpha value is -2.38. The van der Waals surface area contributed by atoms with E-state index in [4.69, 9.17) is 0 Å². The van der Waals surface area contributed by atoms with Crippen LogP contribution in [0.5, 0.6) is 0 Å². The van der Waals surface area contributed by atoms with Crippen LogP contribution >= 0.6 is 11.8 Å². The van der Waals surface area contributed by atoms with Crippen molar-refractivity contribution in [3.05, 3.63) is 54.4 Å². The molecule has 7 heteroatoms. The number of carbonyl (C=O) groups excluding carboxylic acids is 2. The van der Waals surface area contributed by atoms with Gasteiger partial charge in [-0.05, 0) is 36.6 Å². The van der Waals surface area contributed by atoms with Crippen molar-refractivity contribution in [3.63, 3.8) is 0 Å². The highest BCUT2D eigenvalue weighted by atomic mass is 32.2. The number of hydrogen-bond donors (Lipinski definition) is 1. The molecule has 0 atom stereocenters. The summed E-state index contributed by atoms with van der Waals surface area (Å²) in [5.74, 6) is 0.907. The largest absolute Gasteiger partial charge is 0.353 e. The molecule has 2 aromatic rings. The minimum Gasteiger partial charge on any atom is -0.353 e. The number of para-hydroxylation sites is 1. The Bertz CT molecular complexity index is 869. The third-order valence-electron chi connectivity index (χ3n) is 5.68. The zero-order valence-corrected chi connectivity index (χ0v) is 17.9. The van der Waals surface area contributed by atoms with Crippen LogP contribution in [0.15, 0.2) is 53.7 Å². The van der Waals surface area contributed by atoms with E-state index in [1.165, 1.54) is 5.56 Å². The summed E-state index contributed by atoms with van der Waals surface area (Å²) in [4.78, 5) is 34.6. The third kappa shape index (κ3) is 5.40. The van der Waals surface area contributed by atoms with Crippen LogP contribution in [0.3, 0.4) is 0 Å². The van der Waals surface area contributed by atoms with E-state index in [0.717, 1.165) is 48.8 Å². The predicted molar refractivity (Wildman–Crippen MR) is 119 cm³/mol. The third-order valence-corrected chi connectivity index (χ3v) is 6.72. The number of thioether (sulfide) groups is 1. The van der Waals surface area contributed by atoms with Crippen LogP contribution in [-0.2, 0) is 16.1 Å².